The molecule has 2 aromatic carbocycles. The van der Waals surface area contributed by atoms with Crippen molar-refractivity contribution in [1.82, 2.24) is 4.90 Å². The van der Waals surface area contributed by atoms with E-state index in [2.05, 4.69) is 4.90 Å². The van der Waals surface area contributed by atoms with Crippen LogP contribution in [0.5, 0.6) is 5.75 Å². The van der Waals surface area contributed by atoms with Crippen LogP contribution >= 0.6 is 0 Å². The lowest BCUT2D eigenvalue weighted by Gasteiger charge is -2.36. The normalized spacial score (nSPS) is 13.6. The molecule has 1 aliphatic rings. The number of nitriles is 1. The van der Waals surface area contributed by atoms with Crippen molar-refractivity contribution >= 4 is 17.6 Å². The van der Waals surface area contributed by atoms with Gasteiger partial charge in [-0.25, -0.2) is 4.79 Å². The van der Waals surface area contributed by atoms with Gasteiger partial charge in [-0.15, -0.1) is 0 Å². The Kier molecular flexibility index (Phi) is 6.12. The highest BCUT2D eigenvalue weighted by molar-refractivity contribution is 5.91. The van der Waals surface area contributed by atoms with Gasteiger partial charge < -0.3 is 19.3 Å². The molecule has 0 unspecified atom stereocenters. The molecule has 28 heavy (non-hydrogen) atoms. The molecule has 0 spiro atoms. The van der Waals surface area contributed by atoms with E-state index in [1.807, 2.05) is 30.3 Å². The second-order valence-electron chi connectivity index (χ2n) is 6.33. The number of methoxy groups -OCH3 is 1. The van der Waals surface area contributed by atoms with E-state index in [0.29, 0.717) is 37.3 Å². The lowest BCUT2D eigenvalue weighted by molar-refractivity contribution is -0.134. The lowest BCUT2D eigenvalue weighted by Crippen LogP contribution is -2.49. The Morgan fingerprint density at radius 2 is 1.64 bits per heavy atom. The van der Waals surface area contributed by atoms with Crippen LogP contribution in [-0.2, 0) is 9.53 Å². The molecular formula is C21H21N3O4. The first-order valence-corrected chi connectivity index (χ1v) is 8.95. The standard InChI is InChI=1S/C21H21N3O4/c1-27-19-8-6-18(7-9-19)23-10-12-24(13-11-23)20(25)15-28-21(26)17-4-2-16(14-22)3-5-17/h2-9H,10-13,15H2,1H3. The molecule has 1 heterocycles. The molecule has 0 radical (unpaired) electrons. The molecule has 3 rings (SSSR count). The number of carbonyl (C=O) groups is 2. The van der Waals surface area contributed by atoms with E-state index in [-0.39, 0.29) is 12.5 Å². The Bertz CT molecular complexity index is 864. The number of esters is 1. The summed E-state index contributed by atoms with van der Waals surface area (Å²) in [4.78, 5) is 28.3. The molecule has 2 aromatic rings. The minimum Gasteiger partial charge on any atom is -0.497 e. The molecule has 144 valence electrons. The van der Waals surface area contributed by atoms with Crippen molar-refractivity contribution in [1.29, 1.82) is 5.26 Å². The van der Waals surface area contributed by atoms with Crippen molar-refractivity contribution in [3.8, 4) is 11.8 Å². The van der Waals surface area contributed by atoms with Crippen LogP contribution in [0.4, 0.5) is 5.69 Å². The first-order chi connectivity index (χ1) is 13.6. The maximum absolute atomic E-state index is 12.3. The number of rotatable bonds is 5. The number of benzene rings is 2. The highest BCUT2D eigenvalue weighted by Crippen LogP contribution is 2.20. The number of piperazine rings is 1. The van der Waals surface area contributed by atoms with Crippen LogP contribution in [0.25, 0.3) is 0 Å². The summed E-state index contributed by atoms with van der Waals surface area (Å²) < 4.78 is 10.3. The molecule has 0 atom stereocenters. The Morgan fingerprint density at radius 3 is 2.21 bits per heavy atom. The highest BCUT2D eigenvalue weighted by Gasteiger charge is 2.22. The van der Waals surface area contributed by atoms with Gasteiger partial charge in [-0.3, -0.25) is 4.79 Å². The fourth-order valence-electron chi connectivity index (χ4n) is 2.99. The molecule has 0 N–H and O–H groups in total. The molecule has 0 saturated carbocycles. The smallest absolute Gasteiger partial charge is 0.338 e. The predicted octanol–water partition coefficient (Wildman–Crippen LogP) is 2.07. The SMILES string of the molecule is COc1ccc(N2CCN(C(=O)COC(=O)c3ccc(C#N)cc3)CC2)cc1. The first kappa shape index (κ1) is 19.2. The Hall–Kier alpha value is -3.53. The van der Waals surface area contributed by atoms with Gasteiger partial charge >= 0.3 is 5.97 Å². The van der Waals surface area contributed by atoms with Crippen LogP contribution in [0.15, 0.2) is 48.5 Å². The van der Waals surface area contributed by atoms with Crippen molar-refractivity contribution < 1.29 is 19.1 Å². The number of hydrogen-bond donors (Lipinski definition) is 0. The largest absolute Gasteiger partial charge is 0.497 e. The Morgan fingerprint density at radius 1 is 1.00 bits per heavy atom. The van der Waals surface area contributed by atoms with Crippen LogP contribution in [0.1, 0.15) is 15.9 Å². The summed E-state index contributed by atoms with van der Waals surface area (Å²) in [5, 5.41) is 8.78. The minimum atomic E-state index is -0.574. The number of nitrogens with zero attached hydrogens (tertiary/aromatic N) is 3. The van der Waals surface area contributed by atoms with Crippen molar-refractivity contribution in [2.75, 3.05) is 44.8 Å². The number of carbonyl (C=O) groups excluding carboxylic acids is 2. The third-order valence-corrected chi connectivity index (χ3v) is 4.65. The van der Waals surface area contributed by atoms with Crippen molar-refractivity contribution in [2.24, 2.45) is 0 Å². The van der Waals surface area contributed by atoms with E-state index in [4.69, 9.17) is 14.7 Å². The van der Waals surface area contributed by atoms with Gasteiger partial charge in [0.1, 0.15) is 5.75 Å². The van der Waals surface area contributed by atoms with Gasteiger partial charge in [-0.1, -0.05) is 0 Å². The van der Waals surface area contributed by atoms with Crippen LogP contribution in [0.3, 0.4) is 0 Å². The topological polar surface area (TPSA) is 82.9 Å². The molecule has 7 nitrogen and oxygen atoms in total. The summed E-state index contributed by atoms with van der Waals surface area (Å²) in [5.74, 6) is 0.0210. The molecule has 0 aromatic heterocycles. The third kappa shape index (κ3) is 4.60. The van der Waals surface area contributed by atoms with Crippen molar-refractivity contribution in [3.05, 3.63) is 59.7 Å². The van der Waals surface area contributed by atoms with Crippen LogP contribution in [0, 0.1) is 11.3 Å². The lowest BCUT2D eigenvalue weighted by atomic mass is 10.1. The number of hydrogen-bond acceptors (Lipinski definition) is 6. The summed E-state index contributed by atoms with van der Waals surface area (Å²) in [6.45, 7) is 2.27. The van der Waals surface area contributed by atoms with Gasteiger partial charge in [0, 0.05) is 31.9 Å². The van der Waals surface area contributed by atoms with E-state index in [1.165, 1.54) is 24.3 Å². The number of amides is 1. The van der Waals surface area contributed by atoms with Gasteiger partial charge in [-0.2, -0.15) is 5.26 Å². The summed E-state index contributed by atoms with van der Waals surface area (Å²) in [6.07, 6.45) is 0. The Balaban J connectivity index is 1.46. The average Bonchev–Trinajstić information content (AvgIpc) is 2.77. The van der Waals surface area contributed by atoms with Crippen molar-refractivity contribution in [2.45, 2.75) is 0 Å². The zero-order valence-corrected chi connectivity index (χ0v) is 15.6. The van der Waals surface area contributed by atoms with Crippen LogP contribution in [-0.4, -0.2) is 56.7 Å². The van der Waals surface area contributed by atoms with E-state index in [0.717, 1.165) is 11.4 Å². The zero-order valence-electron chi connectivity index (χ0n) is 15.6. The molecule has 0 aliphatic carbocycles. The Labute approximate surface area is 163 Å². The number of ether oxygens (including phenoxy) is 2. The second-order valence-corrected chi connectivity index (χ2v) is 6.33. The predicted molar refractivity (Wildman–Crippen MR) is 103 cm³/mol. The summed E-state index contributed by atoms with van der Waals surface area (Å²) in [5.41, 5.74) is 1.86. The second kappa shape index (κ2) is 8.91. The molecular weight excluding hydrogens is 358 g/mol. The third-order valence-electron chi connectivity index (χ3n) is 4.65. The molecule has 7 heteroatoms. The minimum absolute atomic E-state index is 0.212. The molecule has 0 bridgehead atoms. The highest BCUT2D eigenvalue weighted by atomic mass is 16.5. The van der Waals surface area contributed by atoms with Gasteiger partial charge in [0.05, 0.1) is 24.3 Å². The zero-order chi connectivity index (χ0) is 19.9. The first-order valence-electron chi connectivity index (χ1n) is 8.95. The van der Waals surface area contributed by atoms with E-state index in [1.54, 1.807) is 12.0 Å². The number of anilines is 1. The van der Waals surface area contributed by atoms with Crippen LogP contribution < -0.4 is 9.64 Å². The summed E-state index contributed by atoms with van der Waals surface area (Å²) >= 11 is 0. The molecule has 1 amide bonds. The van der Waals surface area contributed by atoms with E-state index in [9.17, 15) is 9.59 Å². The molecule has 1 aliphatic heterocycles. The fraction of sp³-hybridized carbons (Fsp3) is 0.286. The maximum atomic E-state index is 12.3. The fourth-order valence-corrected chi connectivity index (χ4v) is 2.99. The summed E-state index contributed by atoms with van der Waals surface area (Å²) in [6, 6.07) is 15.9. The van der Waals surface area contributed by atoms with E-state index >= 15 is 0 Å². The van der Waals surface area contributed by atoms with Gasteiger partial charge in [0.15, 0.2) is 6.61 Å². The maximum Gasteiger partial charge on any atom is 0.338 e. The summed E-state index contributed by atoms with van der Waals surface area (Å²) in [7, 11) is 1.63. The molecule has 1 saturated heterocycles. The van der Waals surface area contributed by atoms with E-state index < -0.39 is 5.97 Å². The van der Waals surface area contributed by atoms with Crippen LogP contribution in [0.2, 0.25) is 0 Å². The quantitative estimate of drug-likeness (QED) is 0.740. The van der Waals surface area contributed by atoms with Gasteiger partial charge in [0.25, 0.3) is 5.91 Å². The monoisotopic (exact) mass is 379 g/mol. The average molecular weight is 379 g/mol. The van der Waals surface area contributed by atoms with Gasteiger partial charge in [-0.05, 0) is 48.5 Å². The van der Waals surface area contributed by atoms with Crippen molar-refractivity contribution in [3.63, 3.8) is 0 Å². The van der Waals surface area contributed by atoms with Gasteiger partial charge in [0.2, 0.25) is 0 Å². The molecule has 1 fully saturated rings.